The summed E-state index contributed by atoms with van der Waals surface area (Å²) in [5, 5.41) is 0. The van der Waals surface area contributed by atoms with Crippen molar-refractivity contribution in [2.24, 2.45) is 10.7 Å². The molecule has 0 aromatic heterocycles. The first-order valence-electron chi connectivity index (χ1n) is 2.90. The predicted molar refractivity (Wildman–Crippen MR) is 41.3 cm³/mol. The minimum atomic E-state index is 0.785. The Morgan fingerprint density at radius 2 is 2.44 bits per heavy atom. The molecule has 0 bridgehead atoms. The molecule has 50 valence electrons. The van der Waals surface area contributed by atoms with Crippen LogP contribution in [0.5, 0.6) is 0 Å². The quantitative estimate of drug-likeness (QED) is 0.568. The van der Waals surface area contributed by atoms with Gasteiger partial charge in [0.05, 0.1) is 0 Å². The third-order valence-electron chi connectivity index (χ3n) is 0.840. The molecular weight excluding hydrogens is 112 g/mol. The molecule has 2 nitrogen and oxygen atoms in total. The fourth-order valence-corrected chi connectivity index (χ4v) is 0.291. The monoisotopic (exact) mass is 124 g/mol. The van der Waals surface area contributed by atoms with Gasteiger partial charge in [-0.15, -0.1) is 0 Å². The van der Waals surface area contributed by atoms with Gasteiger partial charge < -0.3 is 5.73 Å². The first-order valence-corrected chi connectivity index (χ1v) is 2.90. The number of hydrogen-bond donors (Lipinski definition) is 1. The summed E-state index contributed by atoms with van der Waals surface area (Å²) in [7, 11) is 0. The molecular formula is C7H12N2. The van der Waals surface area contributed by atoms with Crippen molar-refractivity contribution >= 4 is 6.21 Å². The third kappa shape index (κ3) is 4.81. The summed E-state index contributed by atoms with van der Waals surface area (Å²) in [6, 6.07) is 0. The number of rotatable bonds is 3. The van der Waals surface area contributed by atoms with E-state index in [1.165, 1.54) is 0 Å². The highest BCUT2D eigenvalue weighted by atomic mass is 14.7. The molecule has 0 aromatic carbocycles. The van der Waals surface area contributed by atoms with Crippen LogP contribution in [0, 0.1) is 0 Å². The maximum absolute atomic E-state index is 5.43. The first kappa shape index (κ1) is 7.95. The van der Waals surface area contributed by atoms with E-state index in [1.54, 1.807) is 18.5 Å². The second kappa shape index (κ2) is 5.09. The van der Waals surface area contributed by atoms with Gasteiger partial charge >= 0.3 is 0 Å². The van der Waals surface area contributed by atoms with Crippen LogP contribution in [0.1, 0.15) is 13.3 Å². The zero-order valence-corrected chi connectivity index (χ0v) is 5.67. The molecule has 0 aliphatic heterocycles. The molecule has 2 heteroatoms. The molecule has 0 saturated carbocycles. The molecule has 0 aliphatic carbocycles. The fraction of sp³-hybridized carbons (Fsp3) is 0.286. The van der Waals surface area contributed by atoms with Crippen LogP contribution in [0.2, 0.25) is 0 Å². The molecule has 2 N–H and O–H groups in total. The van der Waals surface area contributed by atoms with Crippen molar-refractivity contribution in [3.63, 3.8) is 0 Å². The Balaban J connectivity index is 3.67. The first-order chi connectivity index (χ1) is 4.31. The summed E-state index contributed by atoms with van der Waals surface area (Å²) in [6.45, 7) is 5.45. The number of nitrogens with zero attached hydrogens (tertiary/aromatic N) is 1. The molecule has 0 rings (SSSR count). The van der Waals surface area contributed by atoms with Crippen molar-refractivity contribution < 1.29 is 0 Å². The molecule has 0 aliphatic rings. The number of allylic oxidation sites excluding steroid dienone is 2. The van der Waals surface area contributed by atoms with Crippen LogP contribution in [0.15, 0.2) is 29.5 Å². The second-order valence-corrected chi connectivity index (χ2v) is 1.59. The zero-order chi connectivity index (χ0) is 7.11. The van der Waals surface area contributed by atoms with Gasteiger partial charge in [-0.05, 0) is 6.42 Å². The molecule has 0 heterocycles. The van der Waals surface area contributed by atoms with Crippen LogP contribution in [-0.4, -0.2) is 6.21 Å². The number of hydrogen-bond acceptors (Lipinski definition) is 2. The minimum Gasteiger partial charge on any atom is -0.401 e. The largest absolute Gasteiger partial charge is 0.401 e. The molecule has 0 unspecified atom stereocenters. The zero-order valence-electron chi connectivity index (χ0n) is 5.67. The van der Waals surface area contributed by atoms with Crippen molar-refractivity contribution in [1.29, 1.82) is 0 Å². The lowest BCUT2D eigenvalue weighted by molar-refractivity contribution is 1.06. The van der Waals surface area contributed by atoms with Gasteiger partial charge in [-0.3, -0.25) is 4.99 Å². The van der Waals surface area contributed by atoms with Crippen LogP contribution < -0.4 is 5.73 Å². The van der Waals surface area contributed by atoms with Gasteiger partial charge in [-0.1, -0.05) is 19.6 Å². The van der Waals surface area contributed by atoms with Crippen molar-refractivity contribution in [3.8, 4) is 0 Å². The Kier molecular flexibility index (Phi) is 4.50. The van der Waals surface area contributed by atoms with Crippen LogP contribution in [0.25, 0.3) is 0 Å². The molecule has 0 atom stereocenters. The van der Waals surface area contributed by atoms with Crippen LogP contribution in [-0.2, 0) is 0 Å². The molecule has 0 aromatic rings. The van der Waals surface area contributed by atoms with E-state index in [4.69, 9.17) is 5.73 Å². The van der Waals surface area contributed by atoms with Crippen molar-refractivity contribution in [1.82, 2.24) is 0 Å². The van der Waals surface area contributed by atoms with Gasteiger partial charge in [0.25, 0.3) is 0 Å². The molecule has 0 fully saturated rings. The Labute approximate surface area is 55.8 Å². The highest BCUT2D eigenvalue weighted by Gasteiger charge is 1.77. The lowest BCUT2D eigenvalue weighted by Crippen LogP contribution is -1.92. The second-order valence-electron chi connectivity index (χ2n) is 1.59. The smallest absolute Gasteiger partial charge is 0.0455 e. The SMILES string of the molecule is C=C/C=N\C=C(/N)CC. The molecule has 0 radical (unpaired) electrons. The van der Waals surface area contributed by atoms with E-state index >= 15 is 0 Å². The summed E-state index contributed by atoms with van der Waals surface area (Å²) in [5.41, 5.74) is 6.21. The summed E-state index contributed by atoms with van der Waals surface area (Å²) >= 11 is 0. The Bertz CT molecular complexity index is 134. The van der Waals surface area contributed by atoms with E-state index in [0.29, 0.717) is 0 Å². The fourth-order valence-electron chi connectivity index (χ4n) is 0.291. The number of nitrogens with two attached hydrogens (primary N) is 1. The Hall–Kier alpha value is -1.05. The van der Waals surface area contributed by atoms with E-state index in [1.807, 2.05) is 6.92 Å². The molecule has 0 amide bonds. The lowest BCUT2D eigenvalue weighted by Gasteiger charge is -1.87. The highest BCUT2D eigenvalue weighted by molar-refractivity contribution is 5.70. The van der Waals surface area contributed by atoms with Gasteiger partial charge in [0.2, 0.25) is 0 Å². The van der Waals surface area contributed by atoms with Crippen molar-refractivity contribution in [2.45, 2.75) is 13.3 Å². The summed E-state index contributed by atoms with van der Waals surface area (Å²) in [4.78, 5) is 3.83. The van der Waals surface area contributed by atoms with Crippen molar-refractivity contribution in [2.75, 3.05) is 0 Å². The lowest BCUT2D eigenvalue weighted by atomic mass is 10.4. The summed E-state index contributed by atoms with van der Waals surface area (Å²) in [5.74, 6) is 0. The summed E-state index contributed by atoms with van der Waals surface area (Å²) < 4.78 is 0. The van der Waals surface area contributed by atoms with Gasteiger partial charge in [0.1, 0.15) is 0 Å². The number of aliphatic imine (C=N–C) groups is 1. The van der Waals surface area contributed by atoms with E-state index in [2.05, 4.69) is 11.6 Å². The Morgan fingerprint density at radius 1 is 1.78 bits per heavy atom. The van der Waals surface area contributed by atoms with E-state index in [9.17, 15) is 0 Å². The minimum absolute atomic E-state index is 0.785. The van der Waals surface area contributed by atoms with Gasteiger partial charge in [0, 0.05) is 18.1 Å². The predicted octanol–water partition coefficient (Wildman–Crippen LogP) is 1.45. The highest BCUT2D eigenvalue weighted by Crippen LogP contribution is 1.88. The summed E-state index contributed by atoms with van der Waals surface area (Å²) in [6.07, 6.45) is 5.68. The van der Waals surface area contributed by atoms with Crippen molar-refractivity contribution in [3.05, 3.63) is 24.6 Å². The Morgan fingerprint density at radius 3 is 2.89 bits per heavy atom. The normalized spacial score (nSPS) is 12.3. The van der Waals surface area contributed by atoms with Crippen LogP contribution in [0.3, 0.4) is 0 Å². The maximum Gasteiger partial charge on any atom is 0.0455 e. The molecule has 9 heavy (non-hydrogen) atoms. The van der Waals surface area contributed by atoms with Gasteiger partial charge in [0.15, 0.2) is 0 Å². The topological polar surface area (TPSA) is 38.4 Å². The standard InChI is InChI=1S/C7H12N2/c1-3-5-9-6-7(8)4-2/h3,5-6H,1,4,8H2,2H3/b7-6-,9-5-. The van der Waals surface area contributed by atoms with E-state index in [0.717, 1.165) is 12.1 Å². The molecule has 0 spiro atoms. The van der Waals surface area contributed by atoms with Gasteiger partial charge in [-0.25, -0.2) is 0 Å². The maximum atomic E-state index is 5.43. The third-order valence-corrected chi connectivity index (χ3v) is 0.840. The average Bonchev–Trinajstić information content (AvgIpc) is 1.89. The van der Waals surface area contributed by atoms with Crippen LogP contribution in [0.4, 0.5) is 0 Å². The van der Waals surface area contributed by atoms with E-state index < -0.39 is 0 Å². The van der Waals surface area contributed by atoms with Crippen LogP contribution >= 0.6 is 0 Å². The average molecular weight is 124 g/mol. The van der Waals surface area contributed by atoms with E-state index in [-0.39, 0.29) is 0 Å². The molecule has 0 saturated heterocycles. The van der Waals surface area contributed by atoms with Gasteiger partial charge in [-0.2, -0.15) is 0 Å².